The van der Waals surface area contributed by atoms with E-state index in [1.165, 1.54) is 50.5 Å². The Hall–Kier alpha value is -1.83. The van der Waals surface area contributed by atoms with Crippen LogP contribution in [0, 0.1) is 0 Å². The zero-order valence-corrected chi connectivity index (χ0v) is 31.5. The lowest BCUT2D eigenvalue weighted by Gasteiger charge is -2.09. The van der Waals surface area contributed by atoms with E-state index >= 15 is 0 Å². The third-order valence-corrected chi connectivity index (χ3v) is 7.57. The first-order chi connectivity index (χ1) is 24.8. The van der Waals surface area contributed by atoms with Crippen molar-refractivity contribution in [1.29, 1.82) is 0 Å². The van der Waals surface area contributed by atoms with E-state index in [-0.39, 0.29) is 12.6 Å². The van der Waals surface area contributed by atoms with Gasteiger partial charge in [-0.05, 0) is 37.0 Å². The monoisotopic (exact) mass is 714 g/mol. The van der Waals surface area contributed by atoms with Crippen molar-refractivity contribution in [3.8, 4) is 5.75 Å². The average molecular weight is 715 g/mol. The maximum atomic E-state index is 11.5. The number of hydrogen-bond acceptors (Lipinski definition) is 11. The van der Waals surface area contributed by atoms with Crippen LogP contribution in [0.2, 0.25) is 0 Å². The fourth-order valence-electron chi connectivity index (χ4n) is 4.70. The number of carbonyl (C=O) groups excluding carboxylic acids is 1. The predicted molar refractivity (Wildman–Crippen MR) is 195 cm³/mol. The molecule has 0 radical (unpaired) electrons. The summed E-state index contributed by atoms with van der Waals surface area (Å²) in [5.74, 6) is 0.729. The van der Waals surface area contributed by atoms with Gasteiger partial charge in [0.2, 0.25) is 0 Å². The van der Waals surface area contributed by atoms with Gasteiger partial charge < -0.3 is 47.4 Å². The predicted octanol–water partition coefficient (Wildman–Crippen LogP) is 6.61. The molecule has 0 aliphatic rings. The highest BCUT2D eigenvalue weighted by atomic mass is 16.6. The summed E-state index contributed by atoms with van der Waals surface area (Å²) in [5.41, 5.74) is 1.38. The molecule has 1 aromatic rings. The molecule has 0 heterocycles. The van der Waals surface area contributed by atoms with Crippen LogP contribution in [0.25, 0.3) is 0 Å². The Kier molecular flexibility index (Phi) is 35.5. The van der Waals surface area contributed by atoms with E-state index in [0.717, 1.165) is 31.4 Å². The highest BCUT2D eigenvalue weighted by Crippen LogP contribution is 2.15. The first-order valence-electron chi connectivity index (χ1n) is 19.3. The van der Waals surface area contributed by atoms with E-state index in [0.29, 0.717) is 119 Å². The molecule has 1 rings (SSSR count). The van der Waals surface area contributed by atoms with Gasteiger partial charge in [0.25, 0.3) is 0 Å². The second kappa shape index (κ2) is 38.4. The van der Waals surface area contributed by atoms with Gasteiger partial charge in [-0.25, -0.2) is 0 Å². The highest BCUT2D eigenvalue weighted by Gasteiger charge is 2.02. The third-order valence-electron chi connectivity index (χ3n) is 7.57. The number of benzene rings is 1. The van der Waals surface area contributed by atoms with Gasteiger partial charge in [-0.1, -0.05) is 77.3 Å². The lowest BCUT2D eigenvalue weighted by atomic mass is 10.0. The first-order valence-corrected chi connectivity index (χ1v) is 19.3. The van der Waals surface area contributed by atoms with Crippen molar-refractivity contribution in [3.05, 3.63) is 29.8 Å². The molecule has 0 bridgehead atoms. The van der Waals surface area contributed by atoms with Crippen molar-refractivity contribution >= 4 is 5.97 Å². The number of esters is 1. The van der Waals surface area contributed by atoms with Crippen molar-refractivity contribution in [2.45, 2.75) is 90.9 Å². The topological polar surface area (TPSA) is 109 Å². The molecule has 50 heavy (non-hydrogen) atoms. The summed E-state index contributed by atoms with van der Waals surface area (Å²) in [6.45, 7) is 13.1. The molecule has 0 atom stereocenters. The Balaban J connectivity index is 1.71. The van der Waals surface area contributed by atoms with Crippen LogP contribution in [-0.2, 0) is 53.8 Å². The molecule has 0 saturated heterocycles. The number of aryl methyl sites for hydroxylation is 1. The minimum absolute atomic E-state index is 0.156. The van der Waals surface area contributed by atoms with Gasteiger partial charge in [0.05, 0.1) is 106 Å². The second-order valence-electron chi connectivity index (χ2n) is 11.9. The average Bonchev–Trinajstić information content (AvgIpc) is 3.13. The quantitative estimate of drug-likeness (QED) is 0.0541. The number of ether oxygens (including phenoxy) is 10. The zero-order valence-electron chi connectivity index (χ0n) is 31.5. The SMILES string of the molecule is CCCCCCCCCc1ccc(OCCOCCOCCOCCOCCOCCOCCOCCOCCOC(=O)CCCCC)cc1. The van der Waals surface area contributed by atoms with Gasteiger partial charge in [0.1, 0.15) is 19.0 Å². The van der Waals surface area contributed by atoms with E-state index < -0.39 is 0 Å². The molecule has 0 N–H and O–H groups in total. The molecule has 0 fully saturated rings. The zero-order chi connectivity index (χ0) is 35.8. The van der Waals surface area contributed by atoms with Crippen LogP contribution in [0.1, 0.15) is 90.0 Å². The van der Waals surface area contributed by atoms with Gasteiger partial charge in [-0.2, -0.15) is 0 Å². The molecule has 0 aromatic heterocycles. The minimum atomic E-state index is -0.156. The Morgan fingerprint density at radius 1 is 0.420 bits per heavy atom. The van der Waals surface area contributed by atoms with Crippen LogP contribution in [0.4, 0.5) is 0 Å². The van der Waals surface area contributed by atoms with E-state index in [9.17, 15) is 4.79 Å². The molecular formula is C39H70O11. The Morgan fingerprint density at radius 2 is 0.780 bits per heavy atom. The number of carbonyl (C=O) groups is 1. The van der Waals surface area contributed by atoms with Crippen LogP contribution in [-0.4, -0.2) is 125 Å². The summed E-state index contributed by atoms with van der Waals surface area (Å²) in [7, 11) is 0. The molecule has 0 amide bonds. The van der Waals surface area contributed by atoms with Crippen molar-refractivity contribution in [3.63, 3.8) is 0 Å². The lowest BCUT2D eigenvalue weighted by molar-refractivity contribution is -0.145. The molecular weight excluding hydrogens is 644 g/mol. The van der Waals surface area contributed by atoms with E-state index in [1.807, 2.05) is 0 Å². The highest BCUT2D eigenvalue weighted by molar-refractivity contribution is 5.69. The van der Waals surface area contributed by atoms with Crippen LogP contribution in [0.15, 0.2) is 24.3 Å². The van der Waals surface area contributed by atoms with Gasteiger partial charge in [-0.15, -0.1) is 0 Å². The number of hydrogen-bond donors (Lipinski definition) is 0. The number of unbranched alkanes of at least 4 members (excludes halogenated alkanes) is 8. The summed E-state index contributed by atoms with van der Waals surface area (Å²) in [4.78, 5) is 11.5. The Morgan fingerprint density at radius 3 is 1.22 bits per heavy atom. The second-order valence-corrected chi connectivity index (χ2v) is 11.9. The fourth-order valence-corrected chi connectivity index (χ4v) is 4.70. The van der Waals surface area contributed by atoms with Crippen molar-refractivity contribution in [2.24, 2.45) is 0 Å². The summed E-state index contributed by atoms with van der Waals surface area (Å²) < 4.78 is 54.8. The molecule has 0 aliphatic carbocycles. The first kappa shape index (κ1) is 46.2. The van der Waals surface area contributed by atoms with Crippen LogP contribution in [0.5, 0.6) is 5.75 Å². The molecule has 11 nitrogen and oxygen atoms in total. The standard InChI is InChI=1S/C39H70O11/c1-3-5-7-8-9-10-12-13-37-15-17-38(18-16-37)49-35-33-47-31-29-45-27-25-43-23-21-41-19-20-42-22-24-44-26-28-46-30-32-48-34-36-50-39(40)14-11-6-4-2/h15-18H,3-14,19-36H2,1-2H3. The van der Waals surface area contributed by atoms with E-state index in [1.54, 1.807) is 0 Å². The maximum Gasteiger partial charge on any atom is 0.305 e. The molecule has 1 aromatic carbocycles. The van der Waals surface area contributed by atoms with E-state index in [4.69, 9.17) is 47.4 Å². The molecule has 292 valence electrons. The maximum absolute atomic E-state index is 11.5. The van der Waals surface area contributed by atoms with Crippen LogP contribution < -0.4 is 4.74 Å². The van der Waals surface area contributed by atoms with E-state index in [2.05, 4.69) is 38.1 Å². The Bertz CT molecular complexity index is 825. The van der Waals surface area contributed by atoms with Crippen molar-refractivity contribution in [1.82, 2.24) is 0 Å². The summed E-state index contributed by atoms with van der Waals surface area (Å²) in [5, 5.41) is 0. The smallest absolute Gasteiger partial charge is 0.305 e. The molecule has 0 spiro atoms. The molecule has 11 heteroatoms. The van der Waals surface area contributed by atoms with Gasteiger partial charge in [-0.3, -0.25) is 4.79 Å². The summed E-state index contributed by atoms with van der Waals surface area (Å²) in [6.07, 6.45) is 14.0. The normalized spacial score (nSPS) is 11.3. The minimum Gasteiger partial charge on any atom is -0.491 e. The third kappa shape index (κ3) is 33.3. The molecule has 0 saturated carbocycles. The Labute approximate surface area is 303 Å². The van der Waals surface area contributed by atoms with Gasteiger partial charge in [0.15, 0.2) is 0 Å². The lowest BCUT2D eigenvalue weighted by Crippen LogP contribution is -2.15. The van der Waals surface area contributed by atoms with Crippen molar-refractivity contribution < 1.29 is 52.2 Å². The fraction of sp³-hybridized carbons (Fsp3) is 0.821. The van der Waals surface area contributed by atoms with Gasteiger partial charge >= 0.3 is 5.97 Å². The van der Waals surface area contributed by atoms with Crippen molar-refractivity contribution in [2.75, 3.05) is 119 Å². The largest absolute Gasteiger partial charge is 0.491 e. The summed E-state index contributed by atoms with van der Waals surface area (Å²) >= 11 is 0. The molecule has 0 aliphatic heterocycles. The molecule has 0 unspecified atom stereocenters. The number of rotatable bonds is 40. The van der Waals surface area contributed by atoms with Crippen LogP contribution >= 0.6 is 0 Å². The summed E-state index contributed by atoms with van der Waals surface area (Å²) in [6, 6.07) is 8.45. The van der Waals surface area contributed by atoms with Gasteiger partial charge in [0, 0.05) is 6.42 Å². The van der Waals surface area contributed by atoms with Crippen LogP contribution in [0.3, 0.4) is 0 Å².